The van der Waals surface area contributed by atoms with Crippen LogP contribution < -0.4 is 5.32 Å². The zero-order valence-electron chi connectivity index (χ0n) is 11.2. The van der Waals surface area contributed by atoms with Gasteiger partial charge in [0.2, 0.25) is 0 Å². The zero-order valence-corrected chi connectivity index (χ0v) is 12.8. The summed E-state index contributed by atoms with van der Waals surface area (Å²) in [4.78, 5) is 12.1. The number of fused-ring (bicyclic) bond motifs is 1. The number of aryl methyl sites for hydroxylation is 1. The first-order valence-corrected chi connectivity index (χ1v) is 7.92. The molecule has 2 aliphatic rings. The fraction of sp³-hybridized carbons (Fsp3) is 0.533. The maximum absolute atomic E-state index is 12.1. The molecule has 0 bridgehead atoms. The molecule has 1 aromatic carbocycles. The Morgan fingerprint density at radius 2 is 2.25 bits per heavy atom. The highest BCUT2D eigenvalue weighted by molar-refractivity contribution is 9.09. The molecule has 0 saturated carbocycles. The van der Waals surface area contributed by atoms with E-state index in [4.69, 9.17) is 9.47 Å². The maximum Gasteiger partial charge on any atom is 0.251 e. The summed E-state index contributed by atoms with van der Waals surface area (Å²) in [5.74, 6) is 0.0277. The smallest absolute Gasteiger partial charge is 0.251 e. The van der Waals surface area contributed by atoms with Crippen molar-refractivity contribution in [3.63, 3.8) is 0 Å². The Kier molecular flexibility index (Phi) is 4.38. The first kappa shape index (κ1) is 14.0. The number of nitrogens with one attached hydrogen (secondary N) is 1. The Labute approximate surface area is 127 Å². The predicted octanol–water partition coefficient (Wildman–Crippen LogP) is 2.21. The molecule has 1 N–H and O–H groups in total. The van der Waals surface area contributed by atoms with Crippen LogP contribution in [0.5, 0.6) is 0 Å². The molecule has 1 saturated heterocycles. The number of rotatable bonds is 2. The van der Waals surface area contributed by atoms with E-state index in [2.05, 4.69) is 33.4 Å². The lowest BCUT2D eigenvalue weighted by molar-refractivity contribution is -0.0876. The van der Waals surface area contributed by atoms with E-state index in [0.717, 1.165) is 36.1 Å². The van der Waals surface area contributed by atoms with Gasteiger partial charge >= 0.3 is 0 Å². The highest BCUT2D eigenvalue weighted by Crippen LogP contribution is 2.31. The third kappa shape index (κ3) is 2.90. The highest BCUT2D eigenvalue weighted by atomic mass is 79.9. The first-order valence-electron chi connectivity index (χ1n) is 7.00. The molecule has 0 spiro atoms. The number of carbonyl (C=O) groups is 1. The molecule has 2 atom stereocenters. The van der Waals surface area contributed by atoms with Crippen molar-refractivity contribution in [3.05, 3.63) is 34.9 Å². The van der Waals surface area contributed by atoms with E-state index in [1.54, 1.807) is 0 Å². The van der Waals surface area contributed by atoms with Crippen molar-refractivity contribution in [1.29, 1.82) is 0 Å². The van der Waals surface area contributed by atoms with Crippen molar-refractivity contribution in [1.82, 2.24) is 5.32 Å². The summed E-state index contributed by atoms with van der Waals surface area (Å²) in [7, 11) is 0. The first-order chi connectivity index (χ1) is 9.75. The summed E-state index contributed by atoms with van der Waals surface area (Å²) in [6, 6.07) is 6.12. The van der Waals surface area contributed by atoms with Gasteiger partial charge in [-0.1, -0.05) is 28.1 Å². The van der Waals surface area contributed by atoms with Crippen molar-refractivity contribution >= 4 is 21.8 Å². The van der Waals surface area contributed by atoms with Crippen LogP contribution in [0.1, 0.15) is 32.7 Å². The second-order valence-corrected chi connectivity index (χ2v) is 6.15. The Morgan fingerprint density at radius 1 is 1.35 bits per heavy atom. The number of hydrogen-bond donors (Lipinski definition) is 1. The highest BCUT2D eigenvalue weighted by Gasteiger charge is 2.26. The summed E-state index contributed by atoms with van der Waals surface area (Å²) in [5.41, 5.74) is 2.99. The fourth-order valence-corrected chi connectivity index (χ4v) is 3.25. The van der Waals surface area contributed by atoms with E-state index in [9.17, 15) is 4.79 Å². The summed E-state index contributed by atoms with van der Waals surface area (Å²) < 4.78 is 11.2. The van der Waals surface area contributed by atoms with Crippen molar-refractivity contribution in [2.24, 2.45) is 0 Å². The third-order valence-corrected chi connectivity index (χ3v) is 4.89. The van der Waals surface area contributed by atoms with Gasteiger partial charge in [0.1, 0.15) is 0 Å². The van der Waals surface area contributed by atoms with E-state index in [1.165, 1.54) is 0 Å². The van der Waals surface area contributed by atoms with Gasteiger partial charge in [-0.3, -0.25) is 4.79 Å². The van der Waals surface area contributed by atoms with Crippen LogP contribution in [0.4, 0.5) is 0 Å². The number of ether oxygens (including phenoxy) is 2. The summed E-state index contributed by atoms with van der Waals surface area (Å²) >= 11 is 3.68. The lowest BCUT2D eigenvalue weighted by Crippen LogP contribution is -2.32. The second kappa shape index (κ2) is 6.24. The van der Waals surface area contributed by atoms with E-state index >= 15 is 0 Å². The lowest BCUT2D eigenvalue weighted by Gasteiger charge is -2.27. The monoisotopic (exact) mass is 339 g/mol. The molecule has 3 rings (SSSR count). The molecular formula is C15H18BrNO3. The molecule has 0 aliphatic carbocycles. The van der Waals surface area contributed by atoms with E-state index in [0.29, 0.717) is 19.8 Å². The molecular weight excluding hydrogens is 322 g/mol. The maximum atomic E-state index is 12.1. The van der Waals surface area contributed by atoms with Crippen molar-refractivity contribution in [3.8, 4) is 0 Å². The Balaban J connectivity index is 1.85. The molecule has 1 amide bonds. The molecule has 2 aliphatic heterocycles. The standard InChI is InChI=1S/C15H18BrNO3/c16-14(13-9-19-6-7-20-13)11-4-3-10-2-1-5-17-15(18)12(10)8-11/h3-4,8,13-14H,1-2,5-7,9H2,(H,17,18). The van der Waals surface area contributed by atoms with Crippen LogP contribution >= 0.6 is 15.9 Å². The van der Waals surface area contributed by atoms with Gasteiger partial charge in [0.05, 0.1) is 30.8 Å². The molecule has 108 valence electrons. The van der Waals surface area contributed by atoms with E-state index < -0.39 is 0 Å². The lowest BCUT2D eigenvalue weighted by atomic mass is 9.98. The van der Waals surface area contributed by atoms with Gasteiger partial charge in [-0.25, -0.2) is 0 Å². The Bertz CT molecular complexity index is 500. The van der Waals surface area contributed by atoms with Gasteiger partial charge in [-0.05, 0) is 30.0 Å². The SMILES string of the molecule is O=C1NCCCc2ccc(C(Br)C3COCCO3)cc21. The summed E-state index contributed by atoms with van der Waals surface area (Å²) in [5, 5.41) is 2.94. The average Bonchev–Trinajstić information content (AvgIpc) is 2.69. The minimum Gasteiger partial charge on any atom is -0.376 e. The van der Waals surface area contributed by atoms with Crippen LogP contribution in [0.15, 0.2) is 18.2 Å². The van der Waals surface area contributed by atoms with Gasteiger partial charge < -0.3 is 14.8 Å². The van der Waals surface area contributed by atoms with Crippen LogP contribution in [0.25, 0.3) is 0 Å². The zero-order chi connectivity index (χ0) is 13.9. The number of alkyl halides is 1. The predicted molar refractivity (Wildman–Crippen MR) is 79.3 cm³/mol. The summed E-state index contributed by atoms with van der Waals surface area (Å²) in [6.07, 6.45) is 1.94. The van der Waals surface area contributed by atoms with Crippen LogP contribution in [-0.2, 0) is 15.9 Å². The number of benzene rings is 1. The van der Waals surface area contributed by atoms with Gasteiger partial charge in [0.15, 0.2) is 0 Å². The normalized spacial score (nSPS) is 24.4. The molecule has 20 heavy (non-hydrogen) atoms. The van der Waals surface area contributed by atoms with Gasteiger partial charge in [-0.2, -0.15) is 0 Å². The van der Waals surface area contributed by atoms with E-state index in [-0.39, 0.29) is 16.8 Å². The van der Waals surface area contributed by atoms with Crippen molar-refractivity contribution in [2.45, 2.75) is 23.8 Å². The molecule has 5 heteroatoms. The molecule has 1 aromatic rings. The number of hydrogen-bond acceptors (Lipinski definition) is 3. The molecule has 1 fully saturated rings. The topological polar surface area (TPSA) is 47.6 Å². The van der Waals surface area contributed by atoms with E-state index in [1.807, 2.05) is 6.07 Å². The van der Waals surface area contributed by atoms with Crippen LogP contribution in [0.2, 0.25) is 0 Å². The largest absolute Gasteiger partial charge is 0.376 e. The molecule has 0 aromatic heterocycles. The molecule has 2 heterocycles. The van der Waals surface area contributed by atoms with Crippen molar-refractivity contribution in [2.75, 3.05) is 26.4 Å². The molecule has 0 radical (unpaired) electrons. The number of halogens is 1. The van der Waals surface area contributed by atoms with Crippen LogP contribution in [0, 0.1) is 0 Å². The van der Waals surface area contributed by atoms with Crippen LogP contribution in [-0.4, -0.2) is 38.4 Å². The fourth-order valence-electron chi connectivity index (χ4n) is 2.66. The molecule has 4 nitrogen and oxygen atoms in total. The Morgan fingerprint density at radius 3 is 3.05 bits per heavy atom. The number of carbonyl (C=O) groups excluding carboxylic acids is 1. The second-order valence-electron chi connectivity index (χ2n) is 5.16. The van der Waals surface area contributed by atoms with Gasteiger partial charge in [-0.15, -0.1) is 0 Å². The molecule has 2 unspecified atom stereocenters. The van der Waals surface area contributed by atoms with Crippen molar-refractivity contribution < 1.29 is 14.3 Å². The van der Waals surface area contributed by atoms with Gasteiger partial charge in [0.25, 0.3) is 5.91 Å². The third-order valence-electron chi connectivity index (χ3n) is 3.77. The average molecular weight is 340 g/mol. The minimum absolute atomic E-state index is 0.00404. The van der Waals surface area contributed by atoms with Gasteiger partial charge in [0, 0.05) is 12.1 Å². The Hall–Kier alpha value is -0.910. The quantitative estimate of drug-likeness (QED) is 0.840. The number of amides is 1. The minimum atomic E-state index is -0.00404. The van der Waals surface area contributed by atoms with Crippen LogP contribution in [0.3, 0.4) is 0 Å². The summed E-state index contributed by atoms with van der Waals surface area (Å²) in [6.45, 7) is 2.61.